The first kappa shape index (κ1) is 13.7. The number of benzene rings is 1. The van der Waals surface area contributed by atoms with Crippen molar-refractivity contribution in [3.8, 4) is 0 Å². The molecule has 2 atom stereocenters. The second-order valence-corrected chi connectivity index (χ2v) is 5.23. The van der Waals surface area contributed by atoms with Gasteiger partial charge in [0.15, 0.2) is 11.6 Å². The minimum absolute atomic E-state index is 0.0651. The number of nitrogens with one attached hydrogen (secondary N) is 1. The van der Waals surface area contributed by atoms with E-state index in [4.69, 9.17) is 0 Å². The van der Waals surface area contributed by atoms with Gasteiger partial charge in [-0.05, 0) is 30.5 Å². The molecule has 1 aliphatic rings. The Labute approximate surface area is 120 Å². The van der Waals surface area contributed by atoms with Crippen molar-refractivity contribution in [1.82, 2.24) is 14.9 Å². The first-order valence-electron chi connectivity index (χ1n) is 6.84. The highest BCUT2D eigenvalue weighted by Gasteiger charge is 2.37. The lowest BCUT2D eigenvalue weighted by Crippen LogP contribution is -2.41. The number of carbonyl (C=O) groups is 1. The van der Waals surface area contributed by atoms with Crippen molar-refractivity contribution in [2.24, 2.45) is 5.92 Å². The van der Waals surface area contributed by atoms with Crippen LogP contribution in [-0.2, 0) is 11.3 Å². The Kier molecular flexibility index (Phi) is 3.68. The number of rotatable bonds is 4. The number of hydrogen-bond acceptors (Lipinski definition) is 2. The lowest BCUT2D eigenvalue weighted by molar-refractivity contribution is -0.129. The van der Waals surface area contributed by atoms with E-state index in [9.17, 15) is 13.6 Å². The SMILES string of the molecule is O=C(NCc1ccc(F)c(F)c1)C1CCC1n1ccnc1. The number of hydrogen-bond donors (Lipinski definition) is 1. The zero-order valence-corrected chi connectivity index (χ0v) is 11.3. The van der Waals surface area contributed by atoms with E-state index in [0.29, 0.717) is 5.56 Å². The Balaban J connectivity index is 1.58. The monoisotopic (exact) mass is 291 g/mol. The third-order valence-electron chi connectivity index (χ3n) is 3.93. The summed E-state index contributed by atoms with van der Waals surface area (Å²) in [7, 11) is 0. The topological polar surface area (TPSA) is 46.9 Å². The van der Waals surface area contributed by atoms with Gasteiger partial charge in [-0.25, -0.2) is 13.8 Å². The Morgan fingerprint density at radius 1 is 1.33 bits per heavy atom. The van der Waals surface area contributed by atoms with Crippen molar-refractivity contribution in [3.63, 3.8) is 0 Å². The summed E-state index contributed by atoms with van der Waals surface area (Å²) in [5, 5.41) is 2.78. The summed E-state index contributed by atoms with van der Waals surface area (Å²) in [6.45, 7) is 0.198. The highest BCUT2D eigenvalue weighted by atomic mass is 19.2. The third kappa shape index (κ3) is 2.79. The second kappa shape index (κ2) is 5.63. The lowest BCUT2D eigenvalue weighted by atomic mass is 9.78. The van der Waals surface area contributed by atoms with Crippen LogP contribution in [0.15, 0.2) is 36.9 Å². The van der Waals surface area contributed by atoms with Gasteiger partial charge in [-0.15, -0.1) is 0 Å². The molecule has 0 aliphatic heterocycles. The molecule has 1 saturated carbocycles. The van der Waals surface area contributed by atoms with E-state index in [1.165, 1.54) is 6.07 Å². The largest absolute Gasteiger partial charge is 0.352 e. The van der Waals surface area contributed by atoms with E-state index in [2.05, 4.69) is 10.3 Å². The quantitative estimate of drug-likeness (QED) is 0.940. The van der Waals surface area contributed by atoms with Gasteiger partial charge in [0.1, 0.15) is 0 Å². The first-order chi connectivity index (χ1) is 10.1. The smallest absolute Gasteiger partial charge is 0.225 e. The van der Waals surface area contributed by atoms with Crippen LogP contribution in [0, 0.1) is 17.6 Å². The number of halogens is 2. The second-order valence-electron chi connectivity index (χ2n) is 5.23. The van der Waals surface area contributed by atoms with Crippen LogP contribution < -0.4 is 5.32 Å². The fraction of sp³-hybridized carbons (Fsp3) is 0.333. The highest BCUT2D eigenvalue weighted by Crippen LogP contribution is 2.38. The van der Waals surface area contributed by atoms with Gasteiger partial charge >= 0.3 is 0 Å². The van der Waals surface area contributed by atoms with Crippen LogP contribution in [0.3, 0.4) is 0 Å². The van der Waals surface area contributed by atoms with Crippen LogP contribution in [0.25, 0.3) is 0 Å². The average Bonchev–Trinajstić information content (AvgIpc) is 2.92. The molecule has 4 nitrogen and oxygen atoms in total. The maximum Gasteiger partial charge on any atom is 0.225 e. The Bertz CT molecular complexity index is 642. The number of imidazole rings is 1. The summed E-state index contributed by atoms with van der Waals surface area (Å²) in [6, 6.07) is 3.77. The van der Waals surface area contributed by atoms with Gasteiger partial charge in [0.25, 0.3) is 0 Å². The van der Waals surface area contributed by atoms with Crippen LogP contribution in [-0.4, -0.2) is 15.5 Å². The summed E-state index contributed by atoms with van der Waals surface area (Å²) in [5.74, 6) is -1.94. The molecule has 0 spiro atoms. The predicted molar refractivity (Wildman–Crippen MR) is 72.2 cm³/mol. The van der Waals surface area contributed by atoms with Gasteiger partial charge in [0.2, 0.25) is 5.91 Å². The van der Waals surface area contributed by atoms with Crippen LogP contribution in [0.2, 0.25) is 0 Å². The minimum atomic E-state index is -0.901. The van der Waals surface area contributed by atoms with Crippen LogP contribution in [0.1, 0.15) is 24.4 Å². The zero-order valence-electron chi connectivity index (χ0n) is 11.3. The lowest BCUT2D eigenvalue weighted by Gasteiger charge is -2.36. The van der Waals surface area contributed by atoms with Gasteiger partial charge in [0.05, 0.1) is 12.2 Å². The summed E-state index contributed by atoms with van der Waals surface area (Å²) in [5.41, 5.74) is 0.542. The molecule has 1 aromatic heterocycles. The molecule has 3 rings (SSSR count). The fourth-order valence-electron chi connectivity index (χ4n) is 2.58. The molecule has 1 N–H and O–H groups in total. The molecule has 2 unspecified atom stereocenters. The van der Waals surface area contributed by atoms with Gasteiger partial charge in [-0.1, -0.05) is 6.07 Å². The highest BCUT2D eigenvalue weighted by molar-refractivity contribution is 5.80. The maximum absolute atomic E-state index is 13.1. The molecule has 1 aliphatic carbocycles. The zero-order chi connectivity index (χ0) is 14.8. The van der Waals surface area contributed by atoms with Gasteiger partial charge in [0, 0.05) is 25.0 Å². The number of carbonyl (C=O) groups excluding carboxylic acids is 1. The van der Waals surface area contributed by atoms with Crippen LogP contribution in [0.5, 0.6) is 0 Å². The number of amides is 1. The molecule has 2 aromatic rings. The molecule has 1 heterocycles. The number of nitrogens with zero attached hydrogens (tertiary/aromatic N) is 2. The summed E-state index contributed by atoms with van der Waals surface area (Å²) in [4.78, 5) is 16.1. The predicted octanol–water partition coefficient (Wildman–Crippen LogP) is 2.43. The van der Waals surface area contributed by atoms with Crippen molar-refractivity contribution in [1.29, 1.82) is 0 Å². The molecule has 1 aromatic carbocycles. The molecular formula is C15H15F2N3O. The van der Waals surface area contributed by atoms with E-state index >= 15 is 0 Å². The number of aromatic nitrogens is 2. The van der Waals surface area contributed by atoms with Crippen molar-refractivity contribution < 1.29 is 13.6 Å². The Morgan fingerprint density at radius 3 is 2.81 bits per heavy atom. The van der Waals surface area contributed by atoms with E-state index < -0.39 is 11.6 Å². The molecule has 0 bridgehead atoms. The fourth-order valence-corrected chi connectivity index (χ4v) is 2.58. The molecule has 1 amide bonds. The summed E-state index contributed by atoms with van der Waals surface area (Å²) < 4.78 is 27.9. The van der Waals surface area contributed by atoms with E-state index in [0.717, 1.165) is 25.0 Å². The van der Waals surface area contributed by atoms with Gasteiger partial charge in [-0.2, -0.15) is 0 Å². The molecule has 21 heavy (non-hydrogen) atoms. The Morgan fingerprint density at radius 2 is 2.19 bits per heavy atom. The first-order valence-corrected chi connectivity index (χ1v) is 6.84. The van der Waals surface area contributed by atoms with Crippen LogP contribution >= 0.6 is 0 Å². The molecular weight excluding hydrogens is 276 g/mol. The Hall–Kier alpha value is -2.24. The minimum Gasteiger partial charge on any atom is -0.352 e. The standard InChI is InChI=1S/C15H15F2N3O/c16-12-3-1-10(7-13(12)17)8-19-15(21)11-2-4-14(11)20-6-5-18-9-20/h1,3,5-7,9,11,14H,2,4,8H2,(H,19,21). The summed E-state index contributed by atoms with van der Waals surface area (Å²) in [6.07, 6.45) is 7.01. The van der Waals surface area contributed by atoms with E-state index in [1.54, 1.807) is 12.5 Å². The molecule has 0 saturated heterocycles. The van der Waals surface area contributed by atoms with Crippen molar-refractivity contribution >= 4 is 5.91 Å². The van der Waals surface area contributed by atoms with E-state index in [-0.39, 0.29) is 24.4 Å². The normalized spacial score (nSPS) is 20.9. The summed E-state index contributed by atoms with van der Waals surface area (Å²) >= 11 is 0. The van der Waals surface area contributed by atoms with Gasteiger partial charge in [-0.3, -0.25) is 4.79 Å². The molecule has 6 heteroatoms. The maximum atomic E-state index is 13.1. The van der Waals surface area contributed by atoms with Crippen molar-refractivity contribution in [3.05, 3.63) is 54.1 Å². The molecule has 0 radical (unpaired) electrons. The van der Waals surface area contributed by atoms with E-state index in [1.807, 2.05) is 10.8 Å². The van der Waals surface area contributed by atoms with Crippen LogP contribution in [0.4, 0.5) is 8.78 Å². The van der Waals surface area contributed by atoms with Crippen molar-refractivity contribution in [2.75, 3.05) is 0 Å². The molecule has 1 fully saturated rings. The molecule has 110 valence electrons. The van der Waals surface area contributed by atoms with Crippen molar-refractivity contribution in [2.45, 2.75) is 25.4 Å². The average molecular weight is 291 g/mol. The third-order valence-corrected chi connectivity index (χ3v) is 3.93. The van der Waals surface area contributed by atoms with Gasteiger partial charge < -0.3 is 9.88 Å².